The number of benzene rings is 1. The van der Waals surface area contributed by atoms with E-state index in [1.807, 2.05) is 0 Å². The van der Waals surface area contributed by atoms with Gasteiger partial charge in [-0.1, -0.05) is 0 Å². The average Bonchev–Trinajstić information content (AvgIpc) is 2.62. The van der Waals surface area contributed by atoms with Crippen molar-refractivity contribution < 1.29 is 9.72 Å². The molecule has 0 saturated carbocycles. The molecule has 1 heterocycles. The van der Waals surface area contributed by atoms with Gasteiger partial charge in [-0.2, -0.15) is 0 Å². The summed E-state index contributed by atoms with van der Waals surface area (Å²) in [5, 5.41) is 10.5. The average molecular weight is 454 g/mol. The van der Waals surface area contributed by atoms with Crippen LogP contribution in [0.15, 0.2) is 38.2 Å². The largest absolute Gasteiger partial charge is 0.269 e. The van der Waals surface area contributed by atoms with E-state index in [9.17, 15) is 14.9 Å². The summed E-state index contributed by atoms with van der Waals surface area (Å²) in [6.45, 7) is 0. The number of imidazole rings is 1. The summed E-state index contributed by atoms with van der Waals surface area (Å²) in [7, 11) is 0. The molecular formula is C10H4Br3N3O3. The van der Waals surface area contributed by atoms with Gasteiger partial charge in [-0.3, -0.25) is 14.9 Å². The summed E-state index contributed by atoms with van der Waals surface area (Å²) in [4.78, 5) is 26.3. The third kappa shape index (κ3) is 2.77. The minimum Gasteiger partial charge on any atom is -0.268 e. The first-order chi connectivity index (χ1) is 8.91. The second-order valence-corrected chi connectivity index (χ2v) is 5.62. The van der Waals surface area contributed by atoms with Gasteiger partial charge >= 0.3 is 0 Å². The molecule has 9 heteroatoms. The lowest BCUT2D eigenvalue weighted by atomic mass is 10.2. The lowest BCUT2D eigenvalue weighted by molar-refractivity contribution is -0.384. The van der Waals surface area contributed by atoms with Crippen molar-refractivity contribution in [1.82, 2.24) is 9.55 Å². The van der Waals surface area contributed by atoms with Crippen LogP contribution in [0.5, 0.6) is 0 Å². The number of hydrogen-bond donors (Lipinski definition) is 0. The molecule has 0 saturated heterocycles. The van der Waals surface area contributed by atoms with E-state index in [1.165, 1.54) is 28.8 Å². The van der Waals surface area contributed by atoms with Crippen LogP contribution in [0.4, 0.5) is 5.69 Å². The molecule has 0 aliphatic carbocycles. The summed E-state index contributed by atoms with van der Waals surface area (Å²) in [6, 6.07) is 5.35. The van der Waals surface area contributed by atoms with Crippen molar-refractivity contribution in [3.63, 3.8) is 0 Å². The molecule has 0 radical (unpaired) electrons. The molecule has 6 nitrogen and oxygen atoms in total. The monoisotopic (exact) mass is 451 g/mol. The first-order valence-electron chi connectivity index (χ1n) is 4.80. The minimum absolute atomic E-state index is 0.0681. The fourth-order valence-corrected chi connectivity index (χ4v) is 3.13. The Kier molecular flexibility index (Phi) is 4.16. The Morgan fingerprint density at radius 3 is 2.21 bits per heavy atom. The molecule has 0 aliphatic heterocycles. The van der Waals surface area contributed by atoms with Crippen LogP contribution in [-0.2, 0) is 0 Å². The predicted molar refractivity (Wildman–Crippen MR) is 78.2 cm³/mol. The molecule has 1 aromatic heterocycles. The van der Waals surface area contributed by atoms with Crippen LogP contribution in [0, 0.1) is 10.1 Å². The second kappa shape index (κ2) is 5.51. The van der Waals surface area contributed by atoms with Gasteiger partial charge in [0.1, 0.15) is 9.21 Å². The van der Waals surface area contributed by atoms with E-state index in [-0.39, 0.29) is 11.6 Å². The quantitative estimate of drug-likeness (QED) is 0.512. The molecule has 0 amide bonds. The molecule has 0 unspecified atom stereocenters. The number of carbonyl (C=O) groups is 1. The normalized spacial score (nSPS) is 10.5. The Morgan fingerprint density at radius 2 is 1.79 bits per heavy atom. The number of hydrogen-bond acceptors (Lipinski definition) is 4. The lowest BCUT2D eigenvalue weighted by Crippen LogP contribution is -2.12. The number of non-ortho nitro benzene ring substituents is 1. The molecule has 0 aliphatic rings. The highest BCUT2D eigenvalue weighted by molar-refractivity contribution is 9.13. The maximum absolute atomic E-state index is 12.3. The fraction of sp³-hybridized carbons (Fsp3) is 0. The van der Waals surface area contributed by atoms with Gasteiger partial charge in [0.25, 0.3) is 11.6 Å². The van der Waals surface area contributed by atoms with Crippen molar-refractivity contribution in [3.05, 3.63) is 53.9 Å². The Morgan fingerprint density at radius 1 is 1.21 bits per heavy atom. The summed E-state index contributed by atoms with van der Waals surface area (Å²) < 4.78 is 2.57. The second-order valence-electron chi connectivity index (χ2n) is 3.41. The van der Waals surface area contributed by atoms with Crippen LogP contribution in [0.3, 0.4) is 0 Å². The number of nitrogens with zero attached hydrogens (tertiary/aromatic N) is 3. The van der Waals surface area contributed by atoms with E-state index in [0.717, 1.165) is 0 Å². The number of rotatable bonds is 2. The van der Waals surface area contributed by atoms with Crippen LogP contribution in [0.25, 0.3) is 0 Å². The van der Waals surface area contributed by atoms with Gasteiger partial charge < -0.3 is 0 Å². The predicted octanol–water partition coefficient (Wildman–Crippen LogP) is 3.77. The summed E-state index contributed by atoms with van der Waals surface area (Å²) in [6.07, 6.45) is 0. The van der Waals surface area contributed by atoms with Crippen molar-refractivity contribution in [2.45, 2.75) is 0 Å². The van der Waals surface area contributed by atoms with E-state index in [0.29, 0.717) is 19.5 Å². The zero-order valence-electron chi connectivity index (χ0n) is 9.01. The smallest absolute Gasteiger partial charge is 0.268 e. The number of nitro benzene ring substituents is 1. The van der Waals surface area contributed by atoms with Crippen LogP contribution in [-0.4, -0.2) is 20.4 Å². The maximum atomic E-state index is 12.3. The number of halogens is 3. The zero-order valence-corrected chi connectivity index (χ0v) is 13.8. The standard InChI is InChI=1S/C10H4Br3N3O3/c11-7-8(12)15(10(13)14-7)9(17)5-1-3-6(4-2-5)16(18)19/h1-4H. The van der Waals surface area contributed by atoms with Crippen LogP contribution >= 0.6 is 47.8 Å². The zero-order chi connectivity index (χ0) is 14.2. The summed E-state index contributed by atoms with van der Waals surface area (Å²) in [5.41, 5.74) is 0.249. The highest BCUT2D eigenvalue weighted by Crippen LogP contribution is 2.28. The summed E-state index contributed by atoms with van der Waals surface area (Å²) >= 11 is 9.59. The highest BCUT2D eigenvalue weighted by atomic mass is 79.9. The van der Waals surface area contributed by atoms with Gasteiger partial charge in [0.2, 0.25) is 0 Å². The van der Waals surface area contributed by atoms with Crippen molar-refractivity contribution in [3.8, 4) is 0 Å². The third-order valence-corrected chi connectivity index (χ3v) is 4.62. The molecule has 0 spiro atoms. The van der Waals surface area contributed by atoms with Crippen molar-refractivity contribution in [2.75, 3.05) is 0 Å². The fourth-order valence-electron chi connectivity index (χ4n) is 1.38. The molecule has 0 bridgehead atoms. The molecule has 0 fully saturated rings. The minimum atomic E-state index is -0.520. The van der Waals surface area contributed by atoms with Crippen molar-refractivity contribution in [1.29, 1.82) is 0 Å². The van der Waals surface area contributed by atoms with Crippen LogP contribution < -0.4 is 0 Å². The van der Waals surface area contributed by atoms with E-state index in [1.54, 1.807) is 0 Å². The number of carbonyl (C=O) groups excluding carboxylic acids is 1. The van der Waals surface area contributed by atoms with E-state index in [4.69, 9.17) is 0 Å². The Hall–Kier alpha value is -1.06. The molecule has 0 atom stereocenters. The lowest BCUT2D eigenvalue weighted by Gasteiger charge is -2.04. The number of nitro groups is 1. The van der Waals surface area contributed by atoms with E-state index >= 15 is 0 Å². The molecule has 2 rings (SSSR count). The van der Waals surface area contributed by atoms with Gasteiger partial charge in [-0.25, -0.2) is 9.55 Å². The Balaban J connectivity index is 2.41. The molecule has 98 valence electrons. The van der Waals surface area contributed by atoms with E-state index in [2.05, 4.69) is 52.8 Å². The first kappa shape index (κ1) is 14.4. The first-order valence-corrected chi connectivity index (χ1v) is 7.18. The van der Waals surface area contributed by atoms with Crippen LogP contribution in [0.2, 0.25) is 0 Å². The molecule has 2 aromatic rings. The van der Waals surface area contributed by atoms with Gasteiger partial charge in [0.05, 0.1) is 4.92 Å². The Bertz CT molecular complexity index is 667. The molecular weight excluding hydrogens is 450 g/mol. The van der Waals surface area contributed by atoms with Gasteiger partial charge in [-0.05, 0) is 59.9 Å². The van der Waals surface area contributed by atoms with E-state index < -0.39 is 4.92 Å². The summed E-state index contributed by atoms with van der Waals surface area (Å²) in [5.74, 6) is -0.355. The van der Waals surface area contributed by atoms with Gasteiger partial charge in [0, 0.05) is 17.7 Å². The third-order valence-electron chi connectivity index (χ3n) is 2.27. The Labute approximate surface area is 132 Å². The molecule has 0 N–H and O–H groups in total. The topological polar surface area (TPSA) is 78.0 Å². The maximum Gasteiger partial charge on any atom is 0.269 e. The van der Waals surface area contributed by atoms with Crippen molar-refractivity contribution in [2.24, 2.45) is 0 Å². The van der Waals surface area contributed by atoms with Crippen LogP contribution in [0.1, 0.15) is 10.4 Å². The molecule has 1 aromatic carbocycles. The van der Waals surface area contributed by atoms with Gasteiger partial charge in [-0.15, -0.1) is 0 Å². The van der Waals surface area contributed by atoms with Crippen molar-refractivity contribution >= 4 is 59.4 Å². The number of aromatic nitrogens is 2. The van der Waals surface area contributed by atoms with Gasteiger partial charge in [0.15, 0.2) is 4.73 Å². The SMILES string of the molecule is O=C(c1ccc([N+](=O)[O-])cc1)n1c(Br)nc(Br)c1Br. The molecule has 19 heavy (non-hydrogen) atoms. The highest BCUT2D eigenvalue weighted by Gasteiger charge is 2.19.